The van der Waals surface area contributed by atoms with Crippen molar-refractivity contribution < 1.29 is 82.7 Å². The van der Waals surface area contributed by atoms with Crippen molar-refractivity contribution >= 4 is 29.7 Å². The summed E-state index contributed by atoms with van der Waals surface area (Å²) in [5, 5.41) is 57.1. The number of unbranched alkanes of at least 4 members (excludes halogenated alkanes) is 1. The molecule has 3 saturated heterocycles. The summed E-state index contributed by atoms with van der Waals surface area (Å²) in [7, 11) is 1.16. The minimum atomic E-state index is -2.48. The first-order chi connectivity index (χ1) is 29.9. The Balaban J connectivity index is 1.89. The molecule has 4 heterocycles. The highest BCUT2D eigenvalue weighted by molar-refractivity contribution is 5.91. The van der Waals surface area contributed by atoms with E-state index in [-0.39, 0.29) is 50.5 Å². The number of aliphatic hydroxyl groups excluding tert-OH is 3. The van der Waals surface area contributed by atoms with Crippen LogP contribution in [-0.4, -0.2) is 135 Å². The Morgan fingerprint density at radius 3 is 2.28 bits per heavy atom. The molecule has 0 spiro atoms. The normalized spacial score (nSPS) is 35.9. The van der Waals surface area contributed by atoms with Gasteiger partial charge in [-0.15, -0.1) is 0 Å². The molecular weight excluding hydrogens is 836 g/mol. The van der Waals surface area contributed by atoms with Gasteiger partial charge in [0.25, 0.3) is 0 Å². The molecule has 4 rings (SSSR count). The number of ether oxygens (including phenoxy) is 7. The maximum absolute atomic E-state index is 13.4. The van der Waals surface area contributed by atoms with Gasteiger partial charge >= 0.3 is 23.9 Å². The van der Waals surface area contributed by atoms with E-state index in [1.807, 2.05) is 13.0 Å². The van der Waals surface area contributed by atoms with E-state index in [1.54, 1.807) is 45.9 Å². The topological polar surface area (TPSA) is 251 Å². The summed E-state index contributed by atoms with van der Waals surface area (Å²) in [6, 6.07) is 0. The number of hydrogen-bond acceptors (Lipinski definition) is 17. The average molecular weight is 905 g/mol. The van der Waals surface area contributed by atoms with Gasteiger partial charge in [-0.25, -0.2) is 9.59 Å². The van der Waals surface area contributed by atoms with Crippen LogP contribution in [0.1, 0.15) is 113 Å². The maximum atomic E-state index is 13.4. The summed E-state index contributed by atoms with van der Waals surface area (Å²) >= 11 is 0. The number of aliphatic hydroxyl groups is 5. The fourth-order valence-electron chi connectivity index (χ4n) is 8.62. The minimum Gasteiger partial charge on any atom is -0.466 e. The third-order valence-corrected chi connectivity index (χ3v) is 12.4. The lowest BCUT2D eigenvalue weighted by atomic mass is 9.70. The second kappa shape index (κ2) is 22.4. The van der Waals surface area contributed by atoms with Crippen LogP contribution in [0.2, 0.25) is 0 Å². The lowest BCUT2D eigenvalue weighted by Crippen LogP contribution is -2.62. The van der Waals surface area contributed by atoms with Gasteiger partial charge in [0.2, 0.25) is 5.79 Å². The average Bonchev–Trinajstić information content (AvgIpc) is 3.19. The number of rotatable bonds is 10. The molecule has 6 bridgehead atoms. The number of hydrogen-bond donors (Lipinski definition) is 5. The number of methoxy groups -OCH3 is 1. The van der Waals surface area contributed by atoms with Crippen molar-refractivity contribution in [3.05, 3.63) is 59.8 Å². The van der Waals surface area contributed by atoms with Crippen molar-refractivity contribution in [2.45, 2.75) is 179 Å². The maximum Gasteiger partial charge on any atom is 0.331 e. The number of ketones is 1. The molecule has 0 amide bonds. The highest BCUT2D eigenvalue weighted by atomic mass is 16.7. The Morgan fingerprint density at radius 1 is 0.922 bits per heavy atom. The largest absolute Gasteiger partial charge is 0.466 e. The molecule has 0 aliphatic carbocycles. The van der Waals surface area contributed by atoms with Crippen LogP contribution in [-0.2, 0) is 57.1 Å². The molecule has 64 heavy (non-hydrogen) atoms. The van der Waals surface area contributed by atoms with E-state index in [1.165, 1.54) is 26.0 Å². The molecule has 358 valence electrons. The first kappa shape index (κ1) is 52.6. The summed E-state index contributed by atoms with van der Waals surface area (Å²) in [4.78, 5) is 64.6. The van der Waals surface area contributed by atoms with Gasteiger partial charge in [-0.2, -0.15) is 0 Å². The van der Waals surface area contributed by atoms with E-state index in [0.717, 1.165) is 32.1 Å². The zero-order valence-electron chi connectivity index (χ0n) is 38.2. The molecule has 4 aliphatic rings. The fraction of sp³-hybridized carbons (Fsp3) is 0.681. The SMILES string of the molecule is CCC/C=C/C=C/C(=O)OC1/C(=C/C(=O)OC)C[C@H]2C[C@H]([C@@H](C)O)OC(=O)C[C@H](O)C[C@@H]3C[C@H](OC(C)=O)C(C)(C)[C@](O)(CC4C/C(=C/C(=O)CO)C[C@H](/C=C/C(C)(C)[C@]1(O)O2)O4)O3. The Hall–Kier alpha value is -4.07. The Labute approximate surface area is 375 Å². The molecule has 5 N–H and O–H groups in total. The van der Waals surface area contributed by atoms with Gasteiger partial charge in [-0.05, 0) is 44.3 Å². The van der Waals surface area contributed by atoms with Gasteiger partial charge in [0.1, 0.15) is 18.8 Å². The second-order valence-electron chi connectivity index (χ2n) is 18.4. The molecule has 0 saturated carbocycles. The summed E-state index contributed by atoms with van der Waals surface area (Å²) in [5.41, 5.74) is -2.13. The first-order valence-electron chi connectivity index (χ1n) is 22.0. The van der Waals surface area contributed by atoms with Gasteiger partial charge in [0, 0.05) is 50.2 Å². The van der Waals surface area contributed by atoms with Gasteiger partial charge in [0.05, 0.1) is 55.6 Å². The van der Waals surface area contributed by atoms with Gasteiger partial charge in [-0.1, -0.05) is 77.0 Å². The van der Waals surface area contributed by atoms with Crippen molar-refractivity contribution in [3.63, 3.8) is 0 Å². The summed E-state index contributed by atoms with van der Waals surface area (Å²) in [5.74, 6) is -8.32. The molecule has 17 nitrogen and oxygen atoms in total. The highest BCUT2D eigenvalue weighted by Gasteiger charge is 2.59. The van der Waals surface area contributed by atoms with Crippen LogP contribution in [0.15, 0.2) is 59.8 Å². The van der Waals surface area contributed by atoms with E-state index in [4.69, 9.17) is 33.2 Å². The molecule has 0 aromatic carbocycles. The fourth-order valence-corrected chi connectivity index (χ4v) is 8.62. The van der Waals surface area contributed by atoms with Crippen molar-refractivity contribution in [3.8, 4) is 0 Å². The number of carbonyl (C=O) groups is 5. The van der Waals surface area contributed by atoms with E-state index < -0.39 is 120 Å². The van der Waals surface area contributed by atoms with Crippen LogP contribution in [0.4, 0.5) is 0 Å². The highest BCUT2D eigenvalue weighted by Crippen LogP contribution is 2.50. The van der Waals surface area contributed by atoms with Crippen LogP contribution < -0.4 is 0 Å². The molecule has 0 radical (unpaired) electrons. The minimum absolute atomic E-state index is 0.0609. The molecule has 2 unspecified atom stereocenters. The molecule has 11 atom stereocenters. The third kappa shape index (κ3) is 13.5. The number of carbonyl (C=O) groups excluding carboxylic acids is 5. The van der Waals surface area contributed by atoms with Crippen LogP contribution in [0.5, 0.6) is 0 Å². The van der Waals surface area contributed by atoms with Crippen molar-refractivity contribution in [1.29, 1.82) is 0 Å². The number of cyclic esters (lactones) is 1. The molecule has 0 aromatic heterocycles. The summed E-state index contributed by atoms with van der Waals surface area (Å²) < 4.78 is 41.7. The molecule has 3 fully saturated rings. The van der Waals surface area contributed by atoms with E-state index in [2.05, 4.69) is 0 Å². The Kier molecular flexibility index (Phi) is 18.4. The van der Waals surface area contributed by atoms with Crippen molar-refractivity contribution in [1.82, 2.24) is 0 Å². The number of esters is 4. The van der Waals surface area contributed by atoms with Crippen molar-refractivity contribution in [2.24, 2.45) is 10.8 Å². The summed E-state index contributed by atoms with van der Waals surface area (Å²) in [6.45, 7) is 10.4. The monoisotopic (exact) mass is 904 g/mol. The third-order valence-electron chi connectivity index (χ3n) is 12.4. The van der Waals surface area contributed by atoms with Gasteiger partial charge in [0.15, 0.2) is 17.7 Å². The van der Waals surface area contributed by atoms with E-state index >= 15 is 0 Å². The second-order valence-corrected chi connectivity index (χ2v) is 18.4. The zero-order chi connectivity index (χ0) is 47.6. The van der Waals surface area contributed by atoms with Gasteiger partial charge < -0.3 is 58.7 Å². The van der Waals surface area contributed by atoms with Crippen LogP contribution in [0.25, 0.3) is 0 Å². The number of fused-ring (bicyclic) bond motifs is 6. The predicted octanol–water partition coefficient (Wildman–Crippen LogP) is 3.67. The van der Waals surface area contributed by atoms with Crippen LogP contribution in [0.3, 0.4) is 0 Å². The molecule has 4 aliphatic heterocycles. The molecular formula is C47H68O17. The van der Waals surface area contributed by atoms with E-state index in [0.29, 0.717) is 5.57 Å². The Morgan fingerprint density at radius 2 is 1.64 bits per heavy atom. The van der Waals surface area contributed by atoms with Crippen LogP contribution in [0, 0.1) is 10.8 Å². The van der Waals surface area contributed by atoms with Gasteiger partial charge in [-0.3, -0.25) is 14.4 Å². The van der Waals surface area contributed by atoms with Crippen molar-refractivity contribution in [2.75, 3.05) is 13.7 Å². The number of allylic oxidation sites excluding steroid dienone is 3. The lowest BCUT2D eigenvalue weighted by Gasteiger charge is -2.53. The molecule has 0 aromatic rings. The smallest absolute Gasteiger partial charge is 0.331 e. The zero-order valence-corrected chi connectivity index (χ0v) is 38.2. The quantitative estimate of drug-likeness (QED) is 0.0690. The summed E-state index contributed by atoms with van der Waals surface area (Å²) in [6.07, 6.45) is 2.19. The lowest BCUT2D eigenvalue weighted by molar-refractivity contribution is -0.348. The van der Waals surface area contributed by atoms with E-state index in [9.17, 15) is 49.5 Å². The standard InChI is InChI=1S/C47H68O17/c1-9-10-11-12-13-14-40(53)62-43-31(21-41(54)58-8)20-35-24-38(28(2)49)61-42(55)23-32(51)22-36-25-39(59-29(3)50)45(6,7)46(56,63-36)26-37-19-30(17-33(52)27-48)18-34(60-37)15-16-44(4,5)47(43,57)64-35/h11-17,21,28,32,34-39,43,48-49,51,56-57H,9-10,18-20,22-27H2,1-8H3/b12-11+,14-13+,16-15+,30-17+,31-21+/t28-,32-,34+,35+,36-,37?,38-,39+,43?,46+,47-/m1/s1. The van der Waals surface area contributed by atoms with Crippen LogP contribution >= 0.6 is 0 Å². The predicted molar refractivity (Wildman–Crippen MR) is 228 cm³/mol. The Bertz CT molecular complexity index is 1830. The molecule has 17 heteroatoms. The first-order valence-corrected chi connectivity index (χ1v) is 22.0.